The van der Waals surface area contributed by atoms with Gasteiger partial charge in [-0.15, -0.1) is 0 Å². The fraction of sp³-hybridized carbons (Fsp3) is 0. The van der Waals surface area contributed by atoms with Crippen LogP contribution in [0, 0.1) is 0 Å². The van der Waals surface area contributed by atoms with Crippen LogP contribution in [-0.4, -0.2) is 0 Å². The predicted octanol–water partition coefficient (Wildman–Crippen LogP) is -13.5. The van der Waals surface area contributed by atoms with Crippen LogP contribution >= 0.6 is 0 Å². The van der Waals surface area contributed by atoms with Crippen LogP contribution in [-0.2, 0) is 69.8 Å². The summed E-state index contributed by atoms with van der Waals surface area (Å²) in [6.07, 6.45) is 0. The molecule has 17 heteroatoms. The molecule has 17 heavy (non-hydrogen) atoms. The van der Waals surface area contributed by atoms with Gasteiger partial charge in [0.25, 0.3) is 0 Å². The fourth-order valence-electron chi connectivity index (χ4n) is 0.102. The third-order valence-electron chi connectivity index (χ3n) is 0.167. The Bertz CT molecular complexity index is 472. The van der Waals surface area contributed by atoms with E-state index in [1.807, 2.05) is 0 Å². The van der Waals surface area contributed by atoms with E-state index in [-0.39, 0.29) is 154 Å². The molecule has 0 aliphatic rings. The van der Waals surface area contributed by atoms with Gasteiger partial charge in [0, 0.05) is 0 Å². The molecule has 0 atom stereocenters. The molecule has 0 fully saturated rings. The van der Waals surface area contributed by atoms with Crippen molar-refractivity contribution in [2.45, 2.75) is 0 Å². The molecule has 88 valence electrons. The van der Waals surface area contributed by atoms with Crippen molar-refractivity contribution < 1.29 is 236 Å². The summed E-state index contributed by atoms with van der Waals surface area (Å²) in [7, 11) is 0. The molecule has 11 nitrogen and oxygen atoms in total. The summed E-state index contributed by atoms with van der Waals surface area (Å²) >= 11 is -17.8. The summed E-state index contributed by atoms with van der Waals surface area (Å²) in [5.41, 5.74) is 0. The van der Waals surface area contributed by atoms with Crippen LogP contribution in [0.2, 0.25) is 0 Å². The molecule has 0 N–H and O–H groups in total. The quantitative estimate of drug-likeness (QED) is 0.361. The third kappa shape index (κ3) is 62.8. The molecule has 0 saturated heterocycles. The number of hydrogen-bond acceptors (Lipinski definition) is 11. The summed E-state index contributed by atoms with van der Waals surface area (Å²) < 4.78 is 93.2. The molecule has 0 heterocycles. The zero-order valence-corrected chi connectivity index (χ0v) is 21.8. The Hall–Kier alpha value is 4.93. The van der Waals surface area contributed by atoms with E-state index in [9.17, 15) is 23.5 Å². The first-order valence-corrected chi connectivity index (χ1v) is 8.04. The van der Waals surface area contributed by atoms with E-state index in [2.05, 4.69) is 2.84 Å². The van der Waals surface area contributed by atoms with Crippen LogP contribution < -0.4 is 167 Å². The molecule has 0 aromatic rings. The van der Waals surface area contributed by atoms with Crippen LogP contribution in [0.25, 0.3) is 0 Å². The molecule has 0 bridgehead atoms. The maximum atomic E-state index is 9.38. The topological polar surface area (TPSA) is 198 Å². The Kier molecular flexibility index (Phi) is 28.6. The van der Waals surface area contributed by atoms with Crippen molar-refractivity contribution in [1.82, 2.24) is 0 Å². The van der Waals surface area contributed by atoms with Crippen LogP contribution in [0.15, 0.2) is 0 Å². The second kappa shape index (κ2) is 14.5. The Labute approximate surface area is 229 Å². The zero-order valence-electron chi connectivity index (χ0n) is 8.69. The molecule has 0 amide bonds. The van der Waals surface area contributed by atoms with Gasteiger partial charge in [0.05, 0.1) is 0 Å². The molecular weight excluding hydrogens is 452 g/mol. The average Bonchev–Trinajstić information content (AvgIpc) is 1.42. The van der Waals surface area contributed by atoms with E-state index in [1.165, 1.54) is 0 Å². The second-order valence-corrected chi connectivity index (χ2v) is 6.08. The van der Waals surface area contributed by atoms with Crippen molar-refractivity contribution in [2.24, 2.45) is 0 Å². The molecule has 0 aromatic carbocycles. The van der Waals surface area contributed by atoms with E-state index in [1.54, 1.807) is 0 Å². The fourth-order valence-corrected chi connectivity index (χ4v) is 1.74. The van der Waals surface area contributed by atoms with Gasteiger partial charge in [-0.2, -0.15) is 0 Å². The van der Waals surface area contributed by atoms with Gasteiger partial charge in [0.1, 0.15) is 0 Å². The van der Waals surface area contributed by atoms with Crippen LogP contribution in [0.1, 0.15) is 0 Å². The molecule has 0 aliphatic carbocycles. The van der Waals surface area contributed by atoms with Gasteiger partial charge in [-0.25, -0.2) is 0 Å². The summed E-state index contributed by atoms with van der Waals surface area (Å²) in [4.78, 5) is 0. The van der Waals surface area contributed by atoms with E-state index in [0.717, 1.165) is 0 Å². The summed E-state index contributed by atoms with van der Waals surface area (Å²) in [5, 5.41) is 0. The SMILES string of the molecule is [K+].[K+].[K+].[O]=[Cr](=[O])([O-])[O][Cr](=[O])(=[O])[O-].[O]=[Mn](=[O])(=[O])[O-]. The Balaban J connectivity index is -0.0000000533. The first-order chi connectivity index (χ1) is 5.71. The zero-order chi connectivity index (χ0) is 12.2. The Morgan fingerprint density at radius 1 is 0.765 bits per heavy atom. The predicted molar refractivity (Wildman–Crippen MR) is 5.89 cm³/mol. The van der Waals surface area contributed by atoms with Crippen molar-refractivity contribution >= 4 is 0 Å². The van der Waals surface area contributed by atoms with E-state index in [4.69, 9.17) is 15.7 Å². The monoisotopic (exact) mass is 452 g/mol. The normalized spacial score (nSPS) is 10.5. The van der Waals surface area contributed by atoms with Gasteiger partial charge >= 0.3 is 236 Å². The van der Waals surface area contributed by atoms with Crippen LogP contribution in [0.3, 0.4) is 0 Å². The molecule has 0 radical (unpaired) electrons. The van der Waals surface area contributed by atoms with E-state index in [0.29, 0.717) is 0 Å². The molecule has 0 spiro atoms. The number of hydrogen-bond donors (Lipinski definition) is 0. The van der Waals surface area contributed by atoms with Gasteiger partial charge in [-0.3, -0.25) is 0 Å². The van der Waals surface area contributed by atoms with Crippen molar-refractivity contribution in [3.05, 3.63) is 0 Å². The summed E-state index contributed by atoms with van der Waals surface area (Å²) in [6, 6.07) is 0. The van der Waals surface area contributed by atoms with Crippen LogP contribution in [0.4, 0.5) is 0 Å². The van der Waals surface area contributed by atoms with Crippen LogP contribution in [0.5, 0.6) is 0 Å². The van der Waals surface area contributed by atoms with Gasteiger partial charge in [-0.1, -0.05) is 0 Å². The Morgan fingerprint density at radius 3 is 0.882 bits per heavy atom. The first-order valence-electron chi connectivity index (χ1n) is 1.95. The molecule has 0 rings (SSSR count). The molecule has 0 aromatic heterocycles. The molecule has 0 aliphatic heterocycles. The van der Waals surface area contributed by atoms with Crippen molar-refractivity contribution in [3.8, 4) is 0 Å². The van der Waals surface area contributed by atoms with Crippen molar-refractivity contribution in [3.63, 3.8) is 0 Å². The number of rotatable bonds is 2. The van der Waals surface area contributed by atoms with Gasteiger partial charge in [0.15, 0.2) is 0 Å². The molecule has 0 saturated carbocycles. The van der Waals surface area contributed by atoms with Gasteiger partial charge < -0.3 is 0 Å². The molecule has 0 unspecified atom stereocenters. The first kappa shape index (κ1) is 33.5. The molecular formula is Cr2K3MnO11. The minimum atomic E-state index is -6.07. The van der Waals surface area contributed by atoms with Gasteiger partial charge in [-0.05, 0) is 0 Å². The van der Waals surface area contributed by atoms with Gasteiger partial charge in [0.2, 0.25) is 0 Å². The van der Waals surface area contributed by atoms with E-state index < -0.39 is 40.2 Å². The Morgan fingerprint density at radius 2 is 0.882 bits per heavy atom. The average molecular weight is 452 g/mol. The standard InChI is InChI=1S/2Cr.3K.Mn.11O/q;;3*+1;;;;;;;;;;3*-1. The third-order valence-corrected chi connectivity index (χ3v) is 2.83. The second-order valence-electron chi connectivity index (χ2n) is 1.26. The van der Waals surface area contributed by atoms with E-state index >= 15 is 0 Å². The minimum absolute atomic E-state index is 0. The maximum absolute atomic E-state index is 9.38. The van der Waals surface area contributed by atoms with Crippen molar-refractivity contribution in [1.29, 1.82) is 0 Å². The summed E-state index contributed by atoms with van der Waals surface area (Å²) in [6.45, 7) is 0. The summed E-state index contributed by atoms with van der Waals surface area (Å²) in [5.74, 6) is 0. The van der Waals surface area contributed by atoms with Crippen molar-refractivity contribution in [2.75, 3.05) is 0 Å².